The largest absolute Gasteiger partial charge is 0.0812 e. The van der Waals surface area contributed by atoms with E-state index in [1.165, 1.54) is 0 Å². The van der Waals surface area contributed by atoms with E-state index in [-0.39, 0.29) is 0 Å². The molecule has 0 spiro atoms. The van der Waals surface area contributed by atoms with Crippen molar-refractivity contribution in [3.8, 4) is 11.3 Å². The molecule has 0 aromatic rings. The van der Waals surface area contributed by atoms with E-state index >= 15 is 0 Å². The molecule has 0 saturated carbocycles. The van der Waals surface area contributed by atoms with Crippen LogP contribution in [0.25, 0.3) is 0 Å². The Balaban J connectivity index is 2.78. The predicted octanol–water partition coefficient (Wildman–Crippen LogP) is 2.19. The molecular weight excluding hydrogens is 108 g/mol. The molecule has 7 heavy (non-hydrogen) atoms. The van der Waals surface area contributed by atoms with Gasteiger partial charge in [-0.2, -0.15) is 0 Å². The van der Waals surface area contributed by atoms with E-state index in [4.69, 9.17) is 11.6 Å². The van der Waals surface area contributed by atoms with E-state index in [1.54, 1.807) is 0 Å². The van der Waals surface area contributed by atoms with Gasteiger partial charge in [0.25, 0.3) is 0 Å². The average molecular weight is 116 g/mol. The highest BCUT2D eigenvalue weighted by atomic mass is 35.5. The van der Waals surface area contributed by atoms with Crippen LogP contribution in [0.2, 0.25) is 0 Å². The van der Waals surface area contributed by atoms with Gasteiger partial charge >= 0.3 is 0 Å². The summed E-state index contributed by atoms with van der Waals surface area (Å²) in [4.78, 5) is 0. The second-order valence-electron chi connectivity index (χ2n) is 1.23. The highest BCUT2D eigenvalue weighted by Crippen LogP contribution is 1.88. The van der Waals surface area contributed by atoms with E-state index < -0.39 is 0 Å². The number of halogens is 1. The molecule has 0 aromatic carbocycles. The lowest BCUT2D eigenvalue weighted by molar-refractivity contribution is 0.929. The molecule has 1 heteroatoms. The minimum absolute atomic E-state index is 1.04. The van der Waals surface area contributed by atoms with Gasteiger partial charge in [-0.05, 0) is 18.0 Å². The minimum atomic E-state index is 1.04. The quantitative estimate of drug-likeness (QED) is 0.382. The van der Waals surface area contributed by atoms with Crippen LogP contribution in [0.3, 0.4) is 0 Å². The van der Waals surface area contributed by atoms with Gasteiger partial charge in [-0.15, -0.1) is 0 Å². The van der Waals surface area contributed by atoms with Crippen molar-refractivity contribution in [1.82, 2.24) is 0 Å². The van der Waals surface area contributed by atoms with Crippen LogP contribution >= 0.6 is 11.6 Å². The van der Waals surface area contributed by atoms with Gasteiger partial charge in [-0.1, -0.05) is 19.3 Å². The molecule has 0 saturated heterocycles. The molecule has 0 amide bonds. The molecule has 1 radical (unpaired) electrons. The Kier molecular flexibility index (Phi) is 5.72. The first kappa shape index (κ1) is 6.85. The van der Waals surface area contributed by atoms with Crippen LogP contribution in [0.4, 0.5) is 0 Å². The van der Waals surface area contributed by atoms with Crippen molar-refractivity contribution in [1.29, 1.82) is 0 Å². The van der Waals surface area contributed by atoms with Crippen LogP contribution in [-0.4, -0.2) is 0 Å². The Morgan fingerprint density at radius 3 is 2.86 bits per heavy atom. The zero-order chi connectivity index (χ0) is 5.54. The number of hydrogen-bond donors (Lipinski definition) is 0. The monoisotopic (exact) mass is 115 g/mol. The van der Waals surface area contributed by atoms with Crippen molar-refractivity contribution in [2.45, 2.75) is 19.8 Å². The van der Waals surface area contributed by atoms with E-state index in [0.717, 1.165) is 12.8 Å². The van der Waals surface area contributed by atoms with Crippen LogP contribution in [-0.2, 0) is 0 Å². The Hall–Kier alpha value is -0.150. The van der Waals surface area contributed by atoms with Crippen LogP contribution in [0, 0.1) is 17.7 Å². The predicted molar refractivity (Wildman–Crippen MR) is 32.8 cm³/mol. The summed E-state index contributed by atoms with van der Waals surface area (Å²) in [6.07, 6.45) is 4.05. The fraction of sp³-hybridized carbons (Fsp3) is 0.500. The van der Waals surface area contributed by atoms with Crippen LogP contribution in [0.5, 0.6) is 0 Å². The summed E-state index contributed by atoms with van der Waals surface area (Å²) in [5, 5.41) is 2.27. The highest BCUT2D eigenvalue weighted by Gasteiger charge is 1.74. The van der Waals surface area contributed by atoms with Crippen molar-refractivity contribution in [3.63, 3.8) is 0 Å². The van der Waals surface area contributed by atoms with Crippen molar-refractivity contribution < 1.29 is 0 Å². The lowest BCUT2D eigenvalue weighted by atomic mass is 10.3. The second kappa shape index (κ2) is 5.85. The SMILES string of the molecule is CCC[CH]C#CCl. The number of unbranched alkanes of at least 4 members (excludes halogenated alkanes) is 2. The Morgan fingerprint density at radius 1 is 1.71 bits per heavy atom. The van der Waals surface area contributed by atoms with E-state index in [0.29, 0.717) is 0 Å². The Bertz CT molecular complexity index is 75.9. The standard InChI is InChI=1S/C6H8Cl/c1-2-3-4-5-6-7/h4H,2-3H2,1H3. The molecule has 0 aromatic heterocycles. The van der Waals surface area contributed by atoms with Gasteiger partial charge in [0.15, 0.2) is 0 Å². The molecule has 0 unspecified atom stereocenters. The zero-order valence-electron chi connectivity index (χ0n) is 4.37. The van der Waals surface area contributed by atoms with Gasteiger partial charge in [0, 0.05) is 11.8 Å². The fourth-order valence-electron chi connectivity index (χ4n) is 0.255. The molecule has 0 heterocycles. The molecular formula is C6H8Cl. The summed E-state index contributed by atoms with van der Waals surface area (Å²) in [5.41, 5.74) is 0. The second-order valence-corrected chi connectivity index (χ2v) is 1.42. The van der Waals surface area contributed by atoms with Gasteiger partial charge in [0.2, 0.25) is 0 Å². The fourth-order valence-corrected chi connectivity index (χ4v) is 0.332. The molecule has 0 atom stereocenters. The average Bonchev–Trinajstić information content (AvgIpc) is 1.69. The smallest absolute Gasteiger partial charge is 0.0353 e. The van der Waals surface area contributed by atoms with Crippen molar-refractivity contribution in [2.24, 2.45) is 0 Å². The van der Waals surface area contributed by atoms with Crippen molar-refractivity contribution >= 4 is 11.6 Å². The van der Waals surface area contributed by atoms with Crippen LogP contribution in [0.1, 0.15) is 19.8 Å². The maximum Gasteiger partial charge on any atom is 0.0353 e. The minimum Gasteiger partial charge on any atom is -0.0812 e. The zero-order valence-corrected chi connectivity index (χ0v) is 5.13. The molecule has 0 rings (SSSR count). The van der Waals surface area contributed by atoms with E-state index in [9.17, 15) is 0 Å². The first-order chi connectivity index (χ1) is 3.41. The van der Waals surface area contributed by atoms with E-state index in [1.807, 2.05) is 6.42 Å². The van der Waals surface area contributed by atoms with Crippen molar-refractivity contribution in [2.75, 3.05) is 0 Å². The normalized spacial score (nSPS) is 7.14. The van der Waals surface area contributed by atoms with Gasteiger partial charge < -0.3 is 0 Å². The topological polar surface area (TPSA) is 0 Å². The first-order valence-corrected chi connectivity index (χ1v) is 2.72. The Labute approximate surface area is 49.9 Å². The molecule has 0 N–H and O–H groups in total. The van der Waals surface area contributed by atoms with Gasteiger partial charge in [-0.3, -0.25) is 0 Å². The molecule has 0 aliphatic rings. The van der Waals surface area contributed by atoms with Gasteiger partial charge in [0.05, 0.1) is 0 Å². The van der Waals surface area contributed by atoms with E-state index in [2.05, 4.69) is 18.2 Å². The summed E-state index contributed by atoms with van der Waals surface area (Å²) in [6, 6.07) is 0. The first-order valence-electron chi connectivity index (χ1n) is 2.34. The maximum atomic E-state index is 5.04. The summed E-state index contributed by atoms with van der Waals surface area (Å²) < 4.78 is 0. The molecule has 0 aliphatic heterocycles. The third-order valence-corrected chi connectivity index (χ3v) is 0.699. The molecule has 0 fully saturated rings. The van der Waals surface area contributed by atoms with Crippen molar-refractivity contribution in [3.05, 3.63) is 6.42 Å². The number of rotatable bonds is 2. The van der Waals surface area contributed by atoms with Gasteiger partial charge in [0.1, 0.15) is 0 Å². The Morgan fingerprint density at radius 2 is 2.43 bits per heavy atom. The lowest BCUT2D eigenvalue weighted by Gasteiger charge is -1.79. The van der Waals surface area contributed by atoms with Crippen LogP contribution in [0.15, 0.2) is 0 Å². The molecule has 39 valence electrons. The van der Waals surface area contributed by atoms with Gasteiger partial charge in [-0.25, -0.2) is 0 Å². The third kappa shape index (κ3) is 5.85. The molecule has 0 bridgehead atoms. The molecule has 0 aliphatic carbocycles. The highest BCUT2D eigenvalue weighted by molar-refractivity contribution is 6.30. The third-order valence-electron chi connectivity index (χ3n) is 0.590. The maximum absolute atomic E-state index is 5.04. The lowest BCUT2D eigenvalue weighted by Crippen LogP contribution is -1.65. The summed E-state index contributed by atoms with van der Waals surface area (Å²) in [6.45, 7) is 2.10. The number of hydrogen-bond acceptors (Lipinski definition) is 0. The summed E-state index contributed by atoms with van der Waals surface area (Å²) in [5.74, 6) is 2.64. The van der Waals surface area contributed by atoms with Crippen LogP contribution < -0.4 is 0 Å². The summed E-state index contributed by atoms with van der Waals surface area (Å²) in [7, 11) is 0. The molecule has 0 nitrogen and oxygen atoms in total. The summed E-state index contributed by atoms with van der Waals surface area (Å²) >= 11 is 5.04.